The molecule has 0 aliphatic carbocycles. The molecule has 14 heavy (non-hydrogen) atoms. The number of carbonyl (C=O) groups excluding carboxylic acids is 1. The fourth-order valence-electron chi connectivity index (χ4n) is 1.22. The van der Waals surface area contributed by atoms with Gasteiger partial charge in [0.05, 0.1) is 0 Å². The van der Waals surface area contributed by atoms with Gasteiger partial charge in [-0.1, -0.05) is 39.0 Å². The van der Waals surface area contributed by atoms with Crippen LogP contribution in [0.4, 0.5) is 0 Å². The molecule has 0 saturated heterocycles. The Morgan fingerprint density at radius 3 is 2.43 bits per heavy atom. The number of hydrogen-bond donors (Lipinski definition) is 1. The first-order valence-electron chi connectivity index (χ1n) is 5.59. The highest BCUT2D eigenvalue weighted by Crippen LogP contribution is 2.04. The van der Waals surface area contributed by atoms with Crippen molar-refractivity contribution in [2.75, 3.05) is 20.3 Å². The topological polar surface area (TPSA) is 38.3 Å². The second-order valence-corrected chi connectivity index (χ2v) is 3.49. The van der Waals surface area contributed by atoms with Gasteiger partial charge in [0.15, 0.2) is 0 Å². The zero-order chi connectivity index (χ0) is 10.6. The molecule has 1 N–H and O–H groups in total. The first-order chi connectivity index (χ1) is 6.81. The van der Waals surface area contributed by atoms with Crippen molar-refractivity contribution in [2.45, 2.75) is 45.4 Å². The summed E-state index contributed by atoms with van der Waals surface area (Å²) in [6, 6.07) is 0. The van der Waals surface area contributed by atoms with E-state index in [1.54, 1.807) is 7.05 Å². The van der Waals surface area contributed by atoms with E-state index in [4.69, 9.17) is 4.74 Å². The predicted octanol–water partition coefficient (Wildman–Crippen LogP) is 2.11. The third kappa shape index (κ3) is 9.52. The zero-order valence-electron chi connectivity index (χ0n) is 9.47. The highest BCUT2D eigenvalue weighted by Gasteiger charge is 1.96. The van der Waals surface area contributed by atoms with Crippen molar-refractivity contribution in [2.24, 2.45) is 0 Å². The van der Waals surface area contributed by atoms with Crippen LogP contribution in [0.2, 0.25) is 0 Å². The third-order valence-electron chi connectivity index (χ3n) is 2.15. The van der Waals surface area contributed by atoms with E-state index in [1.807, 2.05) is 0 Å². The largest absolute Gasteiger partial charge is 0.372 e. The second-order valence-electron chi connectivity index (χ2n) is 3.49. The highest BCUT2D eigenvalue weighted by molar-refractivity contribution is 5.76. The Labute approximate surface area is 87.2 Å². The molecule has 0 spiro atoms. The van der Waals surface area contributed by atoms with Crippen LogP contribution in [0.5, 0.6) is 0 Å². The van der Waals surface area contributed by atoms with Crippen molar-refractivity contribution in [3.8, 4) is 0 Å². The standard InChI is InChI=1S/C11H23NO2/c1-3-4-5-6-7-8-9-14-10-11(13)12-2/h3-10H2,1-2H3,(H,12,13). The van der Waals surface area contributed by atoms with Crippen LogP contribution >= 0.6 is 0 Å². The molecule has 0 saturated carbocycles. The summed E-state index contributed by atoms with van der Waals surface area (Å²) in [4.78, 5) is 10.7. The van der Waals surface area contributed by atoms with Crippen LogP contribution in [0.1, 0.15) is 45.4 Å². The molecule has 0 aliphatic rings. The average Bonchev–Trinajstić information content (AvgIpc) is 2.21. The number of hydrogen-bond acceptors (Lipinski definition) is 2. The normalized spacial score (nSPS) is 10.1. The molecule has 3 heteroatoms. The quantitative estimate of drug-likeness (QED) is 0.580. The maximum atomic E-state index is 10.7. The van der Waals surface area contributed by atoms with Gasteiger partial charge in [-0.2, -0.15) is 0 Å². The van der Waals surface area contributed by atoms with E-state index in [1.165, 1.54) is 32.1 Å². The number of likely N-dealkylation sites (N-methyl/N-ethyl adjacent to an activating group) is 1. The molecule has 0 rings (SSSR count). The Morgan fingerprint density at radius 2 is 1.79 bits per heavy atom. The van der Waals surface area contributed by atoms with E-state index < -0.39 is 0 Å². The van der Waals surface area contributed by atoms with Crippen LogP contribution in [0.15, 0.2) is 0 Å². The van der Waals surface area contributed by atoms with Crippen LogP contribution in [0, 0.1) is 0 Å². The van der Waals surface area contributed by atoms with Crippen molar-refractivity contribution in [1.82, 2.24) is 5.32 Å². The van der Waals surface area contributed by atoms with Gasteiger partial charge in [0.2, 0.25) is 5.91 Å². The summed E-state index contributed by atoms with van der Waals surface area (Å²) in [6.07, 6.45) is 7.52. The van der Waals surface area contributed by atoms with Crippen molar-refractivity contribution in [3.63, 3.8) is 0 Å². The molecule has 0 unspecified atom stereocenters. The molecular weight excluding hydrogens is 178 g/mol. The van der Waals surface area contributed by atoms with Crippen LogP contribution in [0.25, 0.3) is 0 Å². The minimum Gasteiger partial charge on any atom is -0.372 e. The molecule has 0 fully saturated rings. The number of nitrogens with one attached hydrogen (secondary N) is 1. The lowest BCUT2D eigenvalue weighted by Crippen LogP contribution is -2.23. The predicted molar refractivity (Wildman–Crippen MR) is 58.3 cm³/mol. The summed E-state index contributed by atoms with van der Waals surface area (Å²) in [7, 11) is 1.62. The zero-order valence-corrected chi connectivity index (χ0v) is 9.47. The molecule has 1 amide bonds. The molecule has 0 radical (unpaired) electrons. The first-order valence-corrected chi connectivity index (χ1v) is 5.59. The Morgan fingerprint density at radius 1 is 1.14 bits per heavy atom. The SMILES string of the molecule is CCCCCCCCOCC(=O)NC. The van der Waals surface area contributed by atoms with E-state index in [9.17, 15) is 4.79 Å². The monoisotopic (exact) mass is 201 g/mol. The molecule has 0 aromatic carbocycles. The molecule has 0 aliphatic heterocycles. The number of amides is 1. The smallest absolute Gasteiger partial charge is 0.245 e. The summed E-state index contributed by atoms with van der Waals surface area (Å²) in [5, 5.41) is 2.52. The van der Waals surface area contributed by atoms with Gasteiger partial charge in [0.1, 0.15) is 6.61 Å². The maximum absolute atomic E-state index is 10.7. The fraction of sp³-hybridized carbons (Fsp3) is 0.909. The summed E-state index contributed by atoms with van der Waals surface area (Å²) >= 11 is 0. The van der Waals surface area contributed by atoms with E-state index in [2.05, 4.69) is 12.2 Å². The molecule has 0 aromatic heterocycles. The summed E-state index contributed by atoms with van der Waals surface area (Å²) in [5.41, 5.74) is 0. The van der Waals surface area contributed by atoms with Gasteiger partial charge in [-0.05, 0) is 6.42 Å². The van der Waals surface area contributed by atoms with Gasteiger partial charge in [0.25, 0.3) is 0 Å². The highest BCUT2D eigenvalue weighted by atomic mass is 16.5. The van der Waals surface area contributed by atoms with Crippen molar-refractivity contribution >= 4 is 5.91 Å². The molecule has 0 aromatic rings. The van der Waals surface area contributed by atoms with Crippen LogP contribution in [0.3, 0.4) is 0 Å². The van der Waals surface area contributed by atoms with Crippen LogP contribution in [-0.4, -0.2) is 26.2 Å². The van der Waals surface area contributed by atoms with Gasteiger partial charge in [0, 0.05) is 13.7 Å². The van der Waals surface area contributed by atoms with E-state index in [0.717, 1.165) is 6.42 Å². The van der Waals surface area contributed by atoms with E-state index >= 15 is 0 Å². The number of ether oxygens (including phenoxy) is 1. The average molecular weight is 201 g/mol. The number of carbonyl (C=O) groups is 1. The van der Waals surface area contributed by atoms with Crippen LogP contribution < -0.4 is 5.32 Å². The van der Waals surface area contributed by atoms with Gasteiger partial charge in [-0.3, -0.25) is 4.79 Å². The van der Waals surface area contributed by atoms with Gasteiger partial charge >= 0.3 is 0 Å². The lowest BCUT2D eigenvalue weighted by Gasteiger charge is -2.03. The summed E-state index contributed by atoms with van der Waals surface area (Å²) < 4.78 is 5.18. The van der Waals surface area contributed by atoms with Gasteiger partial charge < -0.3 is 10.1 Å². The number of unbranched alkanes of at least 4 members (excludes halogenated alkanes) is 5. The fourth-order valence-corrected chi connectivity index (χ4v) is 1.22. The Kier molecular flexibility index (Phi) is 10.1. The van der Waals surface area contributed by atoms with E-state index in [0.29, 0.717) is 6.61 Å². The van der Waals surface area contributed by atoms with Crippen molar-refractivity contribution in [3.05, 3.63) is 0 Å². The molecule has 3 nitrogen and oxygen atoms in total. The molecule has 0 bridgehead atoms. The lowest BCUT2D eigenvalue weighted by molar-refractivity contribution is -0.125. The van der Waals surface area contributed by atoms with Gasteiger partial charge in [-0.15, -0.1) is 0 Å². The molecular formula is C11H23NO2. The number of rotatable bonds is 9. The maximum Gasteiger partial charge on any atom is 0.245 e. The minimum atomic E-state index is -0.0454. The van der Waals surface area contributed by atoms with Crippen molar-refractivity contribution < 1.29 is 9.53 Å². The first kappa shape index (κ1) is 13.4. The van der Waals surface area contributed by atoms with Crippen molar-refractivity contribution in [1.29, 1.82) is 0 Å². The third-order valence-corrected chi connectivity index (χ3v) is 2.15. The summed E-state index contributed by atoms with van der Waals surface area (Å²) in [6.45, 7) is 3.12. The second kappa shape index (κ2) is 10.5. The molecule has 0 heterocycles. The Balaban J connectivity index is 2.95. The molecule has 84 valence electrons. The minimum absolute atomic E-state index is 0.0454. The van der Waals surface area contributed by atoms with E-state index in [-0.39, 0.29) is 12.5 Å². The Hall–Kier alpha value is -0.570. The Bertz CT molecular complexity index is 137. The molecule has 0 atom stereocenters. The van der Waals surface area contributed by atoms with Gasteiger partial charge in [-0.25, -0.2) is 0 Å². The summed E-state index contributed by atoms with van der Waals surface area (Å²) in [5.74, 6) is -0.0454. The van der Waals surface area contributed by atoms with Crippen LogP contribution in [-0.2, 0) is 9.53 Å². The lowest BCUT2D eigenvalue weighted by atomic mass is 10.1.